The molecular weight excluding hydrogens is 222 g/mol. The van der Waals surface area contributed by atoms with Crippen LogP contribution in [-0.2, 0) is 9.84 Å². The first kappa shape index (κ1) is 14.0. The van der Waals surface area contributed by atoms with E-state index in [9.17, 15) is 8.42 Å². The van der Waals surface area contributed by atoms with Crippen LogP contribution in [-0.4, -0.2) is 32.5 Å². The third kappa shape index (κ3) is 5.85. The Morgan fingerprint density at radius 3 is 2.44 bits per heavy atom. The molecule has 1 saturated carbocycles. The largest absolute Gasteiger partial charge is 0.314 e. The van der Waals surface area contributed by atoms with Gasteiger partial charge in [0, 0.05) is 6.04 Å². The first-order valence-corrected chi connectivity index (χ1v) is 8.25. The maximum atomic E-state index is 11.6. The maximum Gasteiger partial charge on any atom is 0.150 e. The van der Waals surface area contributed by atoms with Crippen LogP contribution in [0.3, 0.4) is 0 Å². The van der Waals surface area contributed by atoms with Crippen LogP contribution in [0.5, 0.6) is 0 Å². The Morgan fingerprint density at radius 1 is 1.25 bits per heavy atom. The van der Waals surface area contributed by atoms with E-state index in [2.05, 4.69) is 5.32 Å². The van der Waals surface area contributed by atoms with Crippen molar-refractivity contribution >= 4 is 9.84 Å². The lowest BCUT2D eigenvalue weighted by molar-refractivity contribution is 0.519. The molecule has 1 aliphatic carbocycles. The minimum absolute atomic E-state index is 0.243. The molecule has 1 fully saturated rings. The lowest BCUT2D eigenvalue weighted by Crippen LogP contribution is -2.28. The maximum absolute atomic E-state index is 11.6. The predicted octanol–water partition coefficient (Wildman–Crippen LogP) is 1.98. The molecule has 1 aliphatic rings. The van der Waals surface area contributed by atoms with Gasteiger partial charge in [0.1, 0.15) is 0 Å². The summed E-state index contributed by atoms with van der Waals surface area (Å²) in [6, 6.07) is 0.646. The first-order chi connectivity index (χ1) is 7.49. The van der Waals surface area contributed by atoms with E-state index in [4.69, 9.17) is 0 Å². The number of hydrogen-bond donors (Lipinski definition) is 1. The van der Waals surface area contributed by atoms with Crippen molar-refractivity contribution in [2.75, 3.05) is 18.1 Å². The van der Waals surface area contributed by atoms with Crippen LogP contribution in [0.25, 0.3) is 0 Å². The molecule has 0 radical (unpaired) electrons. The summed E-state index contributed by atoms with van der Waals surface area (Å²) in [5.74, 6) is 0.911. The van der Waals surface area contributed by atoms with Crippen molar-refractivity contribution in [1.29, 1.82) is 0 Å². The topological polar surface area (TPSA) is 46.2 Å². The highest BCUT2D eigenvalue weighted by molar-refractivity contribution is 7.91. The second kappa shape index (κ2) is 6.60. The van der Waals surface area contributed by atoms with Crippen molar-refractivity contribution in [3.05, 3.63) is 0 Å². The minimum atomic E-state index is -2.82. The van der Waals surface area contributed by atoms with Gasteiger partial charge in [-0.15, -0.1) is 0 Å². The van der Waals surface area contributed by atoms with Crippen molar-refractivity contribution in [2.24, 2.45) is 5.92 Å². The van der Waals surface area contributed by atoms with E-state index in [-0.39, 0.29) is 5.92 Å². The Hall–Kier alpha value is -0.0900. The van der Waals surface area contributed by atoms with Crippen LogP contribution < -0.4 is 5.32 Å². The van der Waals surface area contributed by atoms with E-state index in [1.165, 1.54) is 25.7 Å². The third-order valence-corrected chi connectivity index (χ3v) is 5.09. The van der Waals surface area contributed by atoms with Crippen molar-refractivity contribution < 1.29 is 8.42 Å². The highest BCUT2D eigenvalue weighted by Crippen LogP contribution is 2.17. The van der Waals surface area contributed by atoms with Gasteiger partial charge in [0.15, 0.2) is 9.84 Å². The average Bonchev–Trinajstić information content (AvgIpc) is 2.62. The van der Waals surface area contributed by atoms with Gasteiger partial charge in [-0.25, -0.2) is 8.42 Å². The normalized spacial score (nSPS) is 18.4. The zero-order chi connectivity index (χ0) is 12.0. The highest BCUT2D eigenvalue weighted by Gasteiger charge is 2.15. The monoisotopic (exact) mass is 247 g/mol. The molecule has 0 spiro atoms. The van der Waals surface area contributed by atoms with Gasteiger partial charge in [0.05, 0.1) is 11.5 Å². The smallest absolute Gasteiger partial charge is 0.150 e. The fraction of sp³-hybridized carbons (Fsp3) is 1.00. The molecule has 0 amide bonds. The van der Waals surface area contributed by atoms with Gasteiger partial charge >= 0.3 is 0 Å². The lowest BCUT2D eigenvalue weighted by Gasteiger charge is -2.12. The van der Waals surface area contributed by atoms with Crippen LogP contribution in [0.15, 0.2) is 0 Å². The average molecular weight is 247 g/mol. The molecule has 4 heteroatoms. The lowest BCUT2D eigenvalue weighted by atomic mass is 10.2. The van der Waals surface area contributed by atoms with E-state index >= 15 is 0 Å². The van der Waals surface area contributed by atoms with E-state index < -0.39 is 9.84 Å². The van der Waals surface area contributed by atoms with E-state index in [0.29, 0.717) is 17.5 Å². The Morgan fingerprint density at radius 2 is 1.88 bits per heavy atom. The number of rotatable bonds is 7. The molecule has 3 nitrogen and oxygen atoms in total. The fourth-order valence-corrected chi connectivity index (χ4v) is 4.09. The molecule has 16 heavy (non-hydrogen) atoms. The Balaban J connectivity index is 2.09. The number of hydrogen-bond acceptors (Lipinski definition) is 3. The zero-order valence-electron chi connectivity index (χ0n) is 10.5. The van der Waals surface area contributed by atoms with Crippen LogP contribution in [0.2, 0.25) is 0 Å². The summed E-state index contributed by atoms with van der Waals surface area (Å²) in [7, 11) is -2.82. The van der Waals surface area contributed by atoms with E-state index in [1.54, 1.807) is 0 Å². The van der Waals surface area contributed by atoms with Crippen LogP contribution >= 0.6 is 0 Å². The van der Waals surface area contributed by atoms with Gasteiger partial charge in [-0.2, -0.15) is 0 Å². The van der Waals surface area contributed by atoms with Crippen LogP contribution in [0, 0.1) is 5.92 Å². The fourth-order valence-electron chi connectivity index (χ4n) is 2.32. The molecular formula is C12H25NO2S. The number of sulfone groups is 1. The highest BCUT2D eigenvalue weighted by atomic mass is 32.2. The summed E-state index contributed by atoms with van der Waals surface area (Å²) in [6.45, 7) is 4.75. The summed E-state index contributed by atoms with van der Waals surface area (Å²) in [5.41, 5.74) is 0. The molecule has 0 unspecified atom stereocenters. The molecule has 0 aromatic rings. The quantitative estimate of drug-likeness (QED) is 0.700. The minimum Gasteiger partial charge on any atom is -0.314 e. The van der Waals surface area contributed by atoms with Crippen LogP contribution in [0.4, 0.5) is 0 Å². The summed E-state index contributed by atoms with van der Waals surface area (Å²) in [5, 5.41) is 3.44. The van der Waals surface area contributed by atoms with Gasteiger partial charge in [-0.05, 0) is 31.7 Å². The Labute approximate surface area is 99.9 Å². The van der Waals surface area contributed by atoms with E-state index in [1.807, 2.05) is 13.8 Å². The van der Waals surface area contributed by atoms with Crippen molar-refractivity contribution in [3.63, 3.8) is 0 Å². The molecule has 0 saturated heterocycles. The summed E-state index contributed by atoms with van der Waals surface area (Å²) in [6.07, 6.45) is 5.93. The SMILES string of the molecule is CC(C)CS(=O)(=O)CCCNC1CCCC1. The van der Waals surface area contributed by atoms with Gasteiger partial charge in [-0.3, -0.25) is 0 Å². The van der Waals surface area contributed by atoms with Gasteiger partial charge < -0.3 is 5.32 Å². The van der Waals surface area contributed by atoms with Gasteiger partial charge in [0.2, 0.25) is 0 Å². The molecule has 96 valence electrons. The van der Waals surface area contributed by atoms with Gasteiger partial charge in [-0.1, -0.05) is 26.7 Å². The Bertz CT molecular complexity index is 279. The second-order valence-electron chi connectivity index (χ2n) is 5.30. The molecule has 0 aromatic heterocycles. The molecule has 1 N–H and O–H groups in total. The third-order valence-electron chi connectivity index (χ3n) is 3.01. The van der Waals surface area contributed by atoms with Gasteiger partial charge in [0.25, 0.3) is 0 Å². The first-order valence-electron chi connectivity index (χ1n) is 6.43. The standard InChI is InChI=1S/C12H25NO2S/c1-11(2)10-16(14,15)9-5-8-13-12-6-3-4-7-12/h11-13H,3-10H2,1-2H3. The Kier molecular flexibility index (Phi) is 5.76. The summed E-state index contributed by atoms with van der Waals surface area (Å²) < 4.78 is 23.2. The predicted molar refractivity (Wildman–Crippen MR) is 68.4 cm³/mol. The summed E-state index contributed by atoms with van der Waals surface area (Å²) in [4.78, 5) is 0. The number of nitrogens with one attached hydrogen (secondary N) is 1. The molecule has 0 heterocycles. The zero-order valence-corrected chi connectivity index (χ0v) is 11.4. The van der Waals surface area contributed by atoms with Crippen molar-refractivity contribution in [3.8, 4) is 0 Å². The molecule has 0 atom stereocenters. The second-order valence-corrected chi connectivity index (χ2v) is 7.53. The summed E-state index contributed by atoms with van der Waals surface area (Å²) >= 11 is 0. The van der Waals surface area contributed by atoms with Crippen molar-refractivity contribution in [2.45, 2.75) is 52.0 Å². The molecule has 0 aromatic carbocycles. The van der Waals surface area contributed by atoms with Crippen LogP contribution in [0.1, 0.15) is 46.0 Å². The molecule has 0 aliphatic heterocycles. The molecule has 0 bridgehead atoms. The van der Waals surface area contributed by atoms with Crippen molar-refractivity contribution in [1.82, 2.24) is 5.32 Å². The van der Waals surface area contributed by atoms with E-state index in [0.717, 1.165) is 13.0 Å². The molecule has 1 rings (SSSR count).